The van der Waals surface area contributed by atoms with Gasteiger partial charge in [-0.2, -0.15) is 0 Å². The molecule has 5 rings (SSSR count). The van der Waals surface area contributed by atoms with Gasteiger partial charge in [-0.05, 0) is 111 Å². The van der Waals surface area contributed by atoms with E-state index in [1.165, 1.54) is 27.9 Å². The highest BCUT2D eigenvalue weighted by Gasteiger charge is 2.42. The monoisotopic (exact) mass is 452 g/mol. The third-order valence-corrected chi connectivity index (χ3v) is 6.75. The fourth-order valence-electron chi connectivity index (χ4n) is 4.77. The van der Waals surface area contributed by atoms with Crippen molar-refractivity contribution in [2.45, 2.75) is 39.8 Å². The first kappa shape index (κ1) is 21.4. The van der Waals surface area contributed by atoms with Crippen LogP contribution in [0.2, 0.25) is 0 Å². The van der Waals surface area contributed by atoms with E-state index < -0.39 is 0 Å². The fourth-order valence-corrected chi connectivity index (χ4v) is 5.11. The SMILES string of the molecule is Cc1cc(C)cc(N2C(=S)N[C@@H](c3ccccn3)[C@H]2c2cccn2-c2ccc(C)c(C)c2)c1. The smallest absolute Gasteiger partial charge is 0.174 e. The standard InChI is InChI=1S/C28H28N4S/c1-18-14-19(2)16-23(15-18)32-27(26(30-28(32)33)24-8-5-6-12-29-24)25-9-7-13-31(25)22-11-10-20(3)21(4)17-22/h5-17,26-27H,1-4H3,(H,30,33)/t26-,27+/m0/s1. The zero-order valence-electron chi connectivity index (χ0n) is 19.4. The van der Waals surface area contributed by atoms with E-state index in [0.717, 1.165) is 17.1 Å². The molecule has 1 aliphatic heterocycles. The van der Waals surface area contributed by atoms with Crippen LogP contribution in [0.1, 0.15) is 45.7 Å². The molecule has 1 N–H and O–H groups in total. The van der Waals surface area contributed by atoms with Gasteiger partial charge in [-0.1, -0.05) is 18.2 Å². The van der Waals surface area contributed by atoms with Gasteiger partial charge >= 0.3 is 0 Å². The average molecular weight is 453 g/mol. The van der Waals surface area contributed by atoms with Crippen molar-refractivity contribution in [3.63, 3.8) is 0 Å². The maximum Gasteiger partial charge on any atom is 0.174 e. The maximum absolute atomic E-state index is 5.91. The van der Waals surface area contributed by atoms with Gasteiger partial charge in [0.05, 0.1) is 11.7 Å². The molecule has 166 valence electrons. The van der Waals surface area contributed by atoms with Gasteiger partial charge in [-0.25, -0.2) is 0 Å². The molecule has 2 aromatic heterocycles. The Hall–Kier alpha value is -3.44. The van der Waals surface area contributed by atoms with Gasteiger partial charge in [0.2, 0.25) is 0 Å². The van der Waals surface area contributed by atoms with Crippen molar-refractivity contribution in [3.05, 3.63) is 113 Å². The summed E-state index contributed by atoms with van der Waals surface area (Å²) < 4.78 is 2.28. The molecule has 2 atom stereocenters. The highest BCUT2D eigenvalue weighted by molar-refractivity contribution is 7.80. The first-order chi connectivity index (χ1) is 15.9. The highest BCUT2D eigenvalue weighted by atomic mass is 32.1. The van der Waals surface area contributed by atoms with Crippen LogP contribution in [0.4, 0.5) is 5.69 Å². The molecule has 1 saturated heterocycles. The van der Waals surface area contributed by atoms with Gasteiger partial charge < -0.3 is 14.8 Å². The molecule has 0 bridgehead atoms. The number of pyridine rings is 1. The van der Waals surface area contributed by atoms with Gasteiger partial charge in [0, 0.05) is 29.5 Å². The van der Waals surface area contributed by atoms with Crippen LogP contribution in [0.5, 0.6) is 0 Å². The molecule has 0 aliphatic carbocycles. The molecule has 33 heavy (non-hydrogen) atoms. The molecule has 5 heteroatoms. The van der Waals surface area contributed by atoms with Crippen molar-refractivity contribution < 1.29 is 0 Å². The van der Waals surface area contributed by atoms with Crippen LogP contribution in [0.15, 0.2) is 79.1 Å². The number of rotatable bonds is 4. The molecular weight excluding hydrogens is 424 g/mol. The first-order valence-electron chi connectivity index (χ1n) is 11.3. The Bertz CT molecular complexity index is 1300. The second-order valence-electron chi connectivity index (χ2n) is 8.91. The maximum atomic E-state index is 5.91. The second-order valence-corrected chi connectivity index (χ2v) is 9.30. The Kier molecular flexibility index (Phi) is 5.51. The molecule has 0 unspecified atom stereocenters. The Labute approximate surface area is 200 Å². The van der Waals surface area contributed by atoms with Crippen LogP contribution < -0.4 is 10.2 Å². The van der Waals surface area contributed by atoms with E-state index in [1.807, 2.05) is 18.3 Å². The van der Waals surface area contributed by atoms with Crippen LogP contribution in [0, 0.1) is 27.7 Å². The Morgan fingerprint density at radius 3 is 2.30 bits per heavy atom. The van der Waals surface area contributed by atoms with E-state index in [4.69, 9.17) is 12.2 Å². The summed E-state index contributed by atoms with van der Waals surface area (Å²) in [5.41, 5.74) is 9.40. The summed E-state index contributed by atoms with van der Waals surface area (Å²) in [6, 6.07) is 23.5. The minimum absolute atomic E-state index is 0.0507. The van der Waals surface area contributed by atoms with Crippen molar-refractivity contribution in [1.82, 2.24) is 14.9 Å². The number of aromatic nitrogens is 2. The number of anilines is 1. The summed E-state index contributed by atoms with van der Waals surface area (Å²) in [6.45, 7) is 8.57. The molecule has 3 heterocycles. The molecule has 0 saturated carbocycles. The van der Waals surface area contributed by atoms with Crippen LogP contribution in [0.25, 0.3) is 5.69 Å². The lowest BCUT2D eigenvalue weighted by molar-refractivity contribution is 0.549. The molecule has 2 aromatic carbocycles. The predicted molar refractivity (Wildman–Crippen MR) is 139 cm³/mol. The molecular formula is C28H28N4S. The number of hydrogen-bond acceptors (Lipinski definition) is 2. The molecule has 0 amide bonds. The van der Waals surface area contributed by atoms with Crippen LogP contribution >= 0.6 is 12.2 Å². The highest BCUT2D eigenvalue weighted by Crippen LogP contribution is 2.42. The summed E-state index contributed by atoms with van der Waals surface area (Å²) in [4.78, 5) is 6.94. The molecule has 0 radical (unpaired) electrons. The Morgan fingerprint density at radius 2 is 1.61 bits per heavy atom. The normalized spacial score (nSPS) is 17.9. The molecule has 1 fully saturated rings. The third kappa shape index (κ3) is 3.93. The first-order valence-corrected chi connectivity index (χ1v) is 11.7. The van der Waals surface area contributed by atoms with Crippen LogP contribution in [0.3, 0.4) is 0 Å². The summed E-state index contributed by atoms with van der Waals surface area (Å²) in [7, 11) is 0. The van der Waals surface area contributed by atoms with Crippen molar-refractivity contribution in [3.8, 4) is 5.69 Å². The number of thiocarbonyl (C=S) groups is 1. The minimum atomic E-state index is -0.0697. The van der Waals surface area contributed by atoms with Crippen molar-refractivity contribution in [2.24, 2.45) is 0 Å². The third-order valence-electron chi connectivity index (χ3n) is 6.43. The summed E-state index contributed by atoms with van der Waals surface area (Å²) in [6.07, 6.45) is 3.98. The van der Waals surface area contributed by atoms with E-state index >= 15 is 0 Å². The lowest BCUT2D eigenvalue weighted by Gasteiger charge is -2.29. The quantitative estimate of drug-likeness (QED) is 0.369. The number of nitrogens with one attached hydrogen (secondary N) is 1. The zero-order valence-corrected chi connectivity index (χ0v) is 20.2. The topological polar surface area (TPSA) is 33.1 Å². The van der Waals surface area contributed by atoms with Crippen LogP contribution in [-0.4, -0.2) is 14.7 Å². The van der Waals surface area contributed by atoms with Crippen molar-refractivity contribution in [1.29, 1.82) is 0 Å². The van der Waals surface area contributed by atoms with Crippen molar-refractivity contribution in [2.75, 3.05) is 4.90 Å². The number of hydrogen-bond donors (Lipinski definition) is 1. The lowest BCUT2D eigenvalue weighted by Crippen LogP contribution is -2.30. The van der Waals surface area contributed by atoms with Gasteiger partial charge in [0.1, 0.15) is 6.04 Å². The second kappa shape index (κ2) is 8.49. The average Bonchev–Trinajstić information content (AvgIpc) is 3.40. The van der Waals surface area contributed by atoms with Gasteiger partial charge in [0.25, 0.3) is 0 Å². The van der Waals surface area contributed by atoms with E-state index in [-0.39, 0.29) is 12.1 Å². The lowest BCUT2D eigenvalue weighted by atomic mass is 10.00. The van der Waals surface area contributed by atoms with Gasteiger partial charge in [-0.3, -0.25) is 4.98 Å². The van der Waals surface area contributed by atoms with E-state index in [1.54, 1.807) is 0 Å². The molecule has 1 aliphatic rings. The Balaban J connectivity index is 1.69. The number of nitrogens with zero attached hydrogens (tertiary/aromatic N) is 3. The number of benzene rings is 2. The zero-order chi connectivity index (χ0) is 23.1. The predicted octanol–water partition coefficient (Wildman–Crippen LogP) is 6.28. The van der Waals surface area contributed by atoms with Gasteiger partial charge in [-0.15, -0.1) is 0 Å². The van der Waals surface area contributed by atoms with E-state index in [9.17, 15) is 0 Å². The summed E-state index contributed by atoms with van der Waals surface area (Å²) in [5, 5.41) is 4.29. The summed E-state index contributed by atoms with van der Waals surface area (Å²) >= 11 is 5.91. The van der Waals surface area contributed by atoms with Crippen molar-refractivity contribution >= 4 is 23.0 Å². The van der Waals surface area contributed by atoms with Crippen LogP contribution in [-0.2, 0) is 0 Å². The summed E-state index contributed by atoms with van der Waals surface area (Å²) in [5.74, 6) is 0. The fraction of sp³-hybridized carbons (Fsp3) is 0.214. The molecule has 0 spiro atoms. The largest absolute Gasteiger partial charge is 0.351 e. The van der Waals surface area contributed by atoms with E-state index in [2.05, 4.69) is 108 Å². The van der Waals surface area contributed by atoms with E-state index in [0.29, 0.717) is 5.11 Å². The van der Waals surface area contributed by atoms with Gasteiger partial charge in [0.15, 0.2) is 5.11 Å². The number of aryl methyl sites for hydroxylation is 4. The molecule has 4 aromatic rings. The Morgan fingerprint density at radius 1 is 0.818 bits per heavy atom. The molecule has 4 nitrogen and oxygen atoms in total. The minimum Gasteiger partial charge on any atom is -0.351 e.